The summed E-state index contributed by atoms with van der Waals surface area (Å²) in [6.45, 7) is -1.72. The van der Waals surface area contributed by atoms with Crippen LogP contribution < -0.4 is 4.74 Å². The van der Waals surface area contributed by atoms with Gasteiger partial charge in [0.2, 0.25) is 0 Å². The highest BCUT2D eigenvalue weighted by molar-refractivity contribution is 6.18. The van der Waals surface area contributed by atoms with Gasteiger partial charge >= 0.3 is 6.18 Å². The van der Waals surface area contributed by atoms with Crippen LogP contribution in [-0.2, 0) is 0 Å². The molecule has 0 heterocycles. The molecule has 0 aromatic heterocycles. The van der Waals surface area contributed by atoms with Gasteiger partial charge in [-0.15, -0.1) is 11.6 Å². The van der Waals surface area contributed by atoms with Gasteiger partial charge in [0.1, 0.15) is 6.54 Å². The van der Waals surface area contributed by atoms with E-state index < -0.39 is 24.4 Å². The van der Waals surface area contributed by atoms with Crippen LogP contribution in [0.5, 0.6) is 5.75 Å². The summed E-state index contributed by atoms with van der Waals surface area (Å²) in [5.41, 5.74) is -0.197. The summed E-state index contributed by atoms with van der Waals surface area (Å²) in [6.07, 6.45) is -4.55. The molecule has 0 fully saturated rings. The second-order valence-corrected chi connectivity index (χ2v) is 4.26. The van der Waals surface area contributed by atoms with Crippen LogP contribution in [-0.4, -0.2) is 43.1 Å². The summed E-state index contributed by atoms with van der Waals surface area (Å²) in [4.78, 5) is 12.4. The number of carbonyl (C=O) groups excluding carboxylic acids is 1. The van der Waals surface area contributed by atoms with Crippen LogP contribution in [0.15, 0.2) is 18.2 Å². The Bertz CT molecular complexity index is 479. The minimum atomic E-state index is -4.55. The number of hydrogen-bond donors (Lipinski definition) is 0. The van der Waals surface area contributed by atoms with Crippen molar-refractivity contribution in [2.24, 2.45) is 0 Å². The van der Waals surface area contributed by atoms with E-state index in [1.54, 1.807) is 0 Å². The van der Waals surface area contributed by atoms with E-state index in [1.165, 1.54) is 19.2 Å². The Kier molecular flexibility index (Phi) is 5.62. The van der Waals surface area contributed by atoms with Gasteiger partial charge in [-0.3, -0.25) is 4.79 Å². The molecule has 0 unspecified atom stereocenters. The Labute approximate surface area is 118 Å². The number of alkyl halides is 4. The third kappa shape index (κ3) is 4.56. The van der Waals surface area contributed by atoms with Crippen LogP contribution in [0.3, 0.4) is 0 Å². The maximum atomic E-state index is 13.5. The van der Waals surface area contributed by atoms with Gasteiger partial charge in [-0.05, 0) is 18.2 Å². The molecule has 0 N–H and O–H groups in total. The minimum Gasteiger partial charge on any atom is -0.494 e. The average Bonchev–Trinajstić information content (AvgIpc) is 2.35. The second-order valence-electron chi connectivity index (χ2n) is 3.88. The molecule has 1 amide bonds. The summed E-state index contributed by atoms with van der Waals surface area (Å²) in [6, 6.07) is 3.20. The highest BCUT2D eigenvalue weighted by atomic mass is 35.5. The highest BCUT2D eigenvalue weighted by Gasteiger charge is 2.33. The van der Waals surface area contributed by atoms with Gasteiger partial charge in [0.05, 0.1) is 7.11 Å². The molecule has 0 aliphatic heterocycles. The summed E-state index contributed by atoms with van der Waals surface area (Å²) in [7, 11) is 1.24. The molecule has 1 aromatic rings. The van der Waals surface area contributed by atoms with E-state index in [1.807, 2.05) is 0 Å². The van der Waals surface area contributed by atoms with Crippen LogP contribution in [0.4, 0.5) is 17.6 Å². The Morgan fingerprint density at radius 2 is 2.05 bits per heavy atom. The van der Waals surface area contributed by atoms with Crippen molar-refractivity contribution in [2.75, 3.05) is 26.1 Å². The van der Waals surface area contributed by atoms with Crippen molar-refractivity contribution in [1.29, 1.82) is 0 Å². The van der Waals surface area contributed by atoms with Crippen molar-refractivity contribution in [3.63, 3.8) is 0 Å². The molecule has 0 bridgehead atoms. The number of benzene rings is 1. The molecule has 112 valence electrons. The normalized spacial score (nSPS) is 11.3. The zero-order valence-corrected chi connectivity index (χ0v) is 11.3. The van der Waals surface area contributed by atoms with Gasteiger partial charge in [-0.1, -0.05) is 0 Å². The molecule has 0 saturated heterocycles. The van der Waals surface area contributed by atoms with Gasteiger partial charge in [0.15, 0.2) is 11.6 Å². The van der Waals surface area contributed by atoms with Crippen LogP contribution in [0.2, 0.25) is 0 Å². The van der Waals surface area contributed by atoms with E-state index in [9.17, 15) is 22.4 Å². The van der Waals surface area contributed by atoms with Crippen LogP contribution in [0.25, 0.3) is 0 Å². The third-order valence-corrected chi connectivity index (χ3v) is 2.58. The molecule has 0 aliphatic carbocycles. The van der Waals surface area contributed by atoms with Gasteiger partial charge in [-0.25, -0.2) is 4.39 Å². The number of rotatable bonds is 5. The number of ether oxygens (including phenoxy) is 1. The molecule has 0 aliphatic rings. The lowest BCUT2D eigenvalue weighted by Crippen LogP contribution is -2.40. The van der Waals surface area contributed by atoms with E-state index in [4.69, 9.17) is 11.6 Å². The highest BCUT2D eigenvalue weighted by Crippen LogP contribution is 2.21. The molecule has 0 saturated carbocycles. The predicted octanol–water partition coefficient (Wildman–Crippen LogP) is 3.08. The SMILES string of the molecule is COc1ccc(C(=O)N(CCCl)CC(F)(F)F)cc1F. The van der Waals surface area contributed by atoms with E-state index >= 15 is 0 Å². The van der Waals surface area contributed by atoms with Crippen molar-refractivity contribution in [3.8, 4) is 5.75 Å². The third-order valence-electron chi connectivity index (χ3n) is 2.41. The van der Waals surface area contributed by atoms with Gasteiger partial charge < -0.3 is 9.64 Å². The molecule has 3 nitrogen and oxygen atoms in total. The molecule has 1 rings (SSSR count). The Morgan fingerprint density at radius 3 is 2.50 bits per heavy atom. The van der Waals surface area contributed by atoms with E-state index in [2.05, 4.69) is 4.74 Å². The molecule has 8 heteroatoms. The standard InChI is InChI=1S/C12H12ClF4NO2/c1-20-10-3-2-8(6-9(10)14)11(19)18(5-4-13)7-12(15,16)17/h2-3,6H,4-5,7H2,1H3. The Hall–Kier alpha value is -1.50. The fraction of sp³-hybridized carbons (Fsp3) is 0.417. The van der Waals surface area contributed by atoms with Crippen LogP contribution >= 0.6 is 11.6 Å². The van der Waals surface area contributed by atoms with Crippen LogP contribution in [0, 0.1) is 5.82 Å². The molecule has 0 spiro atoms. The quantitative estimate of drug-likeness (QED) is 0.617. The van der Waals surface area contributed by atoms with Crippen LogP contribution in [0.1, 0.15) is 10.4 Å². The first-order valence-electron chi connectivity index (χ1n) is 5.54. The summed E-state index contributed by atoms with van der Waals surface area (Å²) in [5, 5.41) is 0. The first-order valence-corrected chi connectivity index (χ1v) is 6.07. The van der Waals surface area contributed by atoms with E-state index in [0.29, 0.717) is 4.90 Å². The van der Waals surface area contributed by atoms with Crippen molar-refractivity contribution in [1.82, 2.24) is 4.90 Å². The van der Waals surface area contributed by atoms with Crippen molar-refractivity contribution in [2.45, 2.75) is 6.18 Å². The molecular formula is C12H12ClF4NO2. The summed E-state index contributed by atoms with van der Waals surface area (Å²) >= 11 is 5.38. The number of halogens is 5. The fourth-order valence-corrected chi connectivity index (χ4v) is 1.76. The first-order chi connectivity index (χ1) is 9.28. The fourth-order valence-electron chi connectivity index (χ4n) is 1.55. The topological polar surface area (TPSA) is 29.5 Å². The number of hydrogen-bond acceptors (Lipinski definition) is 2. The lowest BCUT2D eigenvalue weighted by molar-refractivity contribution is -0.140. The monoisotopic (exact) mass is 313 g/mol. The average molecular weight is 314 g/mol. The van der Waals surface area contributed by atoms with E-state index in [0.717, 1.165) is 6.07 Å². The number of carbonyl (C=O) groups is 1. The molecule has 20 heavy (non-hydrogen) atoms. The minimum absolute atomic E-state index is 0.0961. The van der Waals surface area contributed by atoms with Crippen molar-refractivity contribution < 1.29 is 27.1 Å². The van der Waals surface area contributed by atoms with Crippen molar-refractivity contribution in [3.05, 3.63) is 29.6 Å². The molecule has 0 radical (unpaired) electrons. The lowest BCUT2D eigenvalue weighted by Gasteiger charge is -2.23. The maximum Gasteiger partial charge on any atom is 0.406 e. The largest absolute Gasteiger partial charge is 0.494 e. The first kappa shape index (κ1) is 16.6. The predicted molar refractivity (Wildman–Crippen MR) is 65.6 cm³/mol. The molecule has 0 atom stereocenters. The number of amides is 1. The Balaban J connectivity index is 2.97. The zero-order valence-electron chi connectivity index (χ0n) is 10.5. The lowest BCUT2D eigenvalue weighted by atomic mass is 10.2. The Morgan fingerprint density at radius 1 is 1.40 bits per heavy atom. The molecular weight excluding hydrogens is 302 g/mol. The van der Waals surface area contributed by atoms with Gasteiger partial charge in [0.25, 0.3) is 5.91 Å². The summed E-state index contributed by atoms with van der Waals surface area (Å²) < 4.78 is 55.2. The summed E-state index contributed by atoms with van der Waals surface area (Å²) in [5.74, 6) is -2.01. The maximum absolute atomic E-state index is 13.5. The zero-order chi connectivity index (χ0) is 15.3. The van der Waals surface area contributed by atoms with Gasteiger partial charge in [-0.2, -0.15) is 13.2 Å². The smallest absolute Gasteiger partial charge is 0.406 e. The van der Waals surface area contributed by atoms with E-state index in [-0.39, 0.29) is 23.7 Å². The van der Waals surface area contributed by atoms with Gasteiger partial charge in [0, 0.05) is 18.0 Å². The number of methoxy groups -OCH3 is 1. The second kappa shape index (κ2) is 6.78. The molecule has 1 aromatic carbocycles. The number of nitrogens with zero attached hydrogens (tertiary/aromatic N) is 1. The van der Waals surface area contributed by atoms with Crippen molar-refractivity contribution >= 4 is 17.5 Å².